The number of carbonyl (C=O) groups is 2. The molecule has 6 heteroatoms. The van der Waals surface area contributed by atoms with Crippen LogP contribution in [0.2, 0.25) is 0 Å². The first kappa shape index (κ1) is 22.8. The molecule has 1 fully saturated rings. The number of carbonyl (C=O) groups excluding carboxylic acids is 2. The summed E-state index contributed by atoms with van der Waals surface area (Å²) in [7, 11) is 1.60. The van der Waals surface area contributed by atoms with Crippen molar-refractivity contribution in [1.82, 2.24) is 0 Å². The number of aliphatic hydroxyl groups excluding tert-OH is 1. The first-order valence-electron chi connectivity index (χ1n) is 10.8. The van der Waals surface area contributed by atoms with Crippen LogP contribution in [-0.2, 0) is 9.59 Å². The Morgan fingerprint density at radius 2 is 1.85 bits per heavy atom. The smallest absolute Gasteiger partial charge is 0.300 e. The van der Waals surface area contributed by atoms with Crippen molar-refractivity contribution in [1.29, 1.82) is 0 Å². The average molecular weight is 462 g/mol. The Morgan fingerprint density at radius 1 is 1.09 bits per heavy atom. The molecule has 1 amide bonds. The molecule has 0 bridgehead atoms. The van der Waals surface area contributed by atoms with Gasteiger partial charge in [0.15, 0.2) is 0 Å². The molecule has 0 radical (unpaired) electrons. The van der Waals surface area contributed by atoms with Crippen molar-refractivity contribution >= 4 is 34.5 Å². The van der Waals surface area contributed by atoms with Crippen molar-refractivity contribution in [2.24, 2.45) is 0 Å². The van der Waals surface area contributed by atoms with Crippen LogP contribution in [0.5, 0.6) is 5.75 Å². The number of anilines is 1. The molecule has 0 spiro atoms. The van der Waals surface area contributed by atoms with E-state index < -0.39 is 17.7 Å². The van der Waals surface area contributed by atoms with Crippen LogP contribution in [0.1, 0.15) is 52.9 Å². The minimum atomic E-state index is -0.699. The maximum Gasteiger partial charge on any atom is 0.300 e. The van der Waals surface area contributed by atoms with Gasteiger partial charge >= 0.3 is 0 Å². The van der Waals surface area contributed by atoms with Gasteiger partial charge in [-0.05, 0) is 72.2 Å². The largest absolute Gasteiger partial charge is 0.507 e. The van der Waals surface area contributed by atoms with Crippen LogP contribution in [0, 0.1) is 13.8 Å². The van der Waals surface area contributed by atoms with Crippen LogP contribution >= 0.6 is 11.3 Å². The van der Waals surface area contributed by atoms with Crippen LogP contribution in [0.15, 0.2) is 59.5 Å². The summed E-state index contributed by atoms with van der Waals surface area (Å²) in [5.74, 6) is -0.635. The molecule has 3 aromatic rings. The second-order valence-corrected chi connectivity index (χ2v) is 9.57. The number of Topliss-reactive ketones (excluding diaryl/α,β-unsaturated/α-hetero) is 1. The van der Waals surface area contributed by atoms with E-state index in [0.29, 0.717) is 17.0 Å². The molecule has 1 aliphatic heterocycles. The fourth-order valence-electron chi connectivity index (χ4n) is 4.26. The Hall–Kier alpha value is -3.38. The summed E-state index contributed by atoms with van der Waals surface area (Å²) in [4.78, 5) is 29.0. The summed E-state index contributed by atoms with van der Waals surface area (Å²) >= 11 is 1.45. The van der Waals surface area contributed by atoms with Crippen molar-refractivity contribution in [2.75, 3.05) is 12.0 Å². The number of benzene rings is 2. The number of ketones is 1. The van der Waals surface area contributed by atoms with Gasteiger partial charge in [-0.25, -0.2) is 0 Å². The number of methoxy groups -OCH3 is 1. The average Bonchev–Trinajstić information content (AvgIpc) is 3.41. The third kappa shape index (κ3) is 3.95. The van der Waals surface area contributed by atoms with E-state index in [1.54, 1.807) is 19.2 Å². The van der Waals surface area contributed by atoms with E-state index >= 15 is 0 Å². The zero-order valence-corrected chi connectivity index (χ0v) is 20.2. The van der Waals surface area contributed by atoms with E-state index in [1.165, 1.54) is 16.2 Å². The van der Waals surface area contributed by atoms with E-state index in [1.807, 2.05) is 69.5 Å². The molecule has 1 N–H and O–H groups in total. The zero-order chi connectivity index (χ0) is 23.9. The number of amides is 1. The maximum atomic E-state index is 13.3. The molecule has 2 heterocycles. The predicted octanol–water partition coefficient (Wildman–Crippen LogP) is 6.12. The van der Waals surface area contributed by atoms with E-state index in [9.17, 15) is 14.7 Å². The van der Waals surface area contributed by atoms with Crippen molar-refractivity contribution < 1.29 is 19.4 Å². The topological polar surface area (TPSA) is 66.8 Å². The highest BCUT2D eigenvalue weighted by molar-refractivity contribution is 7.10. The molecule has 1 atom stereocenters. The Kier molecular flexibility index (Phi) is 6.13. The van der Waals surface area contributed by atoms with E-state index in [4.69, 9.17) is 4.74 Å². The number of thiophene rings is 1. The van der Waals surface area contributed by atoms with Crippen LogP contribution < -0.4 is 9.64 Å². The highest BCUT2D eigenvalue weighted by atomic mass is 32.1. The summed E-state index contributed by atoms with van der Waals surface area (Å²) in [5.41, 5.74) is 4.04. The molecule has 33 heavy (non-hydrogen) atoms. The Morgan fingerprint density at radius 3 is 2.48 bits per heavy atom. The quantitative estimate of drug-likeness (QED) is 0.282. The van der Waals surface area contributed by atoms with Crippen LogP contribution in [0.25, 0.3) is 5.76 Å². The molecule has 4 rings (SSSR count). The van der Waals surface area contributed by atoms with Gasteiger partial charge in [-0.15, -0.1) is 11.3 Å². The van der Waals surface area contributed by atoms with Crippen LogP contribution in [-0.4, -0.2) is 23.9 Å². The molecule has 1 aromatic heterocycles. The summed E-state index contributed by atoms with van der Waals surface area (Å²) in [5, 5.41) is 13.3. The van der Waals surface area contributed by atoms with E-state index in [-0.39, 0.29) is 17.3 Å². The number of rotatable bonds is 5. The monoisotopic (exact) mass is 461 g/mol. The van der Waals surface area contributed by atoms with Gasteiger partial charge < -0.3 is 9.84 Å². The normalized spacial score (nSPS) is 17.8. The van der Waals surface area contributed by atoms with Crippen molar-refractivity contribution in [2.45, 2.75) is 39.7 Å². The number of aryl methyl sites for hydroxylation is 2. The fourth-order valence-corrected chi connectivity index (χ4v) is 5.09. The van der Waals surface area contributed by atoms with Crippen molar-refractivity contribution in [3.8, 4) is 5.75 Å². The second-order valence-electron chi connectivity index (χ2n) is 8.59. The highest BCUT2D eigenvalue weighted by Gasteiger charge is 2.47. The summed E-state index contributed by atoms with van der Waals surface area (Å²) in [6, 6.07) is 14.2. The van der Waals surface area contributed by atoms with Gasteiger partial charge in [0.05, 0.1) is 12.7 Å². The number of aliphatic hydroxyl groups is 1. The van der Waals surface area contributed by atoms with Gasteiger partial charge in [0, 0.05) is 16.1 Å². The molecule has 1 saturated heterocycles. The lowest BCUT2D eigenvalue weighted by molar-refractivity contribution is -0.132. The van der Waals surface area contributed by atoms with E-state index in [2.05, 4.69) is 0 Å². The van der Waals surface area contributed by atoms with E-state index in [0.717, 1.165) is 21.6 Å². The molecular weight excluding hydrogens is 434 g/mol. The number of hydrogen-bond acceptors (Lipinski definition) is 5. The molecule has 0 saturated carbocycles. The lowest BCUT2D eigenvalue weighted by atomic mass is 9.95. The van der Waals surface area contributed by atoms with Crippen molar-refractivity contribution in [3.63, 3.8) is 0 Å². The van der Waals surface area contributed by atoms with Crippen LogP contribution in [0.3, 0.4) is 0 Å². The molecule has 1 aliphatic rings. The highest BCUT2D eigenvalue weighted by Crippen LogP contribution is 2.45. The molecule has 2 aromatic carbocycles. The van der Waals surface area contributed by atoms with Gasteiger partial charge in [0.1, 0.15) is 17.6 Å². The minimum Gasteiger partial charge on any atom is -0.507 e. The third-order valence-electron chi connectivity index (χ3n) is 6.01. The van der Waals surface area contributed by atoms with Gasteiger partial charge in [0.25, 0.3) is 11.7 Å². The number of ether oxygens (including phenoxy) is 1. The Bertz CT molecular complexity index is 1260. The zero-order valence-electron chi connectivity index (χ0n) is 19.4. The Balaban J connectivity index is 1.95. The summed E-state index contributed by atoms with van der Waals surface area (Å²) in [6.45, 7) is 7.93. The minimum absolute atomic E-state index is 0.100. The lowest BCUT2D eigenvalue weighted by Gasteiger charge is -2.26. The predicted molar refractivity (Wildman–Crippen MR) is 132 cm³/mol. The SMILES string of the molecule is COc1ccc(/C(O)=C2/C(=O)C(=O)N(c3cc(C)ccc3C)C2c2cccs2)cc1C(C)C. The first-order valence-corrected chi connectivity index (χ1v) is 11.7. The van der Waals surface area contributed by atoms with Gasteiger partial charge in [-0.2, -0.15) is 0 Å². The Labute approximate surface area is 197 Å². The fraction of sp³-hybridized carbons (Fsp3) is 0.259. The van der Waals surface area contributed by atoms with Gasteiger partial charge in [-0.3, -0.25) is 14.5 Å². The number of nitrogens with zero attached hydrogens (tertiary/aromatic N) is 1. The molecule has 0 aliphatic carbocycles. The second kappa shape index (κ2) is 8.87. The molecule has 1 unspecified atom stereocenters. The van der Waals surface area contributed by atoms with Crippen molar-refractivity contribution in [3.05, 3.63) is 86.6 Å². The summed E-state index contributed by atoms with van der Waals surface area (Å²) in [6.07, 6.45) is 0. The standard InChI is InChI=1S/C27H27NO4S/c1-15(2)19-14-18(10-11-21(19)32-5)25(29)23-24(22-7-6-12-33-22)28(27(31)26(23)30)20-13-16(3)8-9-17(20)4/h6-15,24,29H,1-5H3/b25-23-. The first-order chi connectivity index (χ1) is 15.7. The lowest BCUT2D eigenvalue weighted by Crippen LogP contribution is -2.29. The molecule has 170 valence electrons. The maximum absolute atomic E-state index is 13.3. The van der Waals surface area contributed by atoms with Gasteiger partial charge in [-0.1, -0.05) is 32.0 Å². The number of hydrogen-bond donors (Lipinski definition) is 1. The molecular formula is C27H27NO4S. The van der Waals surface area contributed by atoms with Gasteiger partial charge in [0.2, 0.25) is 0 Å². The third-order valence-corrected chi connectivity index (χ3v) is 6.93. The molecule has 5 nitrogen and oxygen atoms in total. The van der Waals surface area contributed by atoms with Crippen LogP contribution in [0.4, 0.5) is 5.69 Å². The summed E-state index contributed by atoms with van der Waals surface area (Å²) < 4.78 is 5.46.